The van der Waals surface area contributed by atoms with Crippen LogP contribution < -0.4 is 14.4 Å². The molecular weight excluding hydrogens is 618 g/mol. The summed E-state index contributed by atoms with van der Waals surface area (Å²) in [6, 6.07) is 31.4. The summed E-state index contributed by atoms with van der Waals surface area (Å²) in [7, 11) is 3.31. The normalized spacial score (nSPS) is 10.9. The molecule has 6 rings (SSSR count). The van der Waals surface area contributed by atoms with Gasteiger partial charge in [0.25, 0.3) is 0 Å². The van der Waals surface area contributed by atoms with Crippen LogP contribution in [-0.2, 0) is 19.5 Å². The van der Waals surface area contributed by atoms with Crippen molar-refractivity contribution in [2.24, 2.45) is 0 Å². The fraction of sp³-hybridized carbons (Fsp3) is 0.147. The van der Waals surface area contributed by atoms with Crippen LogP contribution in [0.1, 0.15) is 28.2 Å². The van der Waals surface area contributed by atoms with Gasteiger partial charge in [0.1, 0.15) is 21.8 Å². The highest BCUT2D eigenvalue weighted by Gasteiger charge is 2.23. The fourth-order valence-electron chi connectivity index (χ4n) is 4.92. The highest BCUT2D eigenvalue weighted by Crippen LogP contribution is 2.33. The summed E-state index contributed by atoms with van der Waals surface area (Å²) in [5.41, 5.74) is 5.59. The monoisotopic (exact) mass is 645 g/mol. The SMILES string of the molecule is COc1ccc(CN(Cc2ccc(OC)cc2)c2nc(-c3cccc(C#N)c3)c(Br)n3nc(Cc4ccccn4)nc23)cc1. The number of pyridine rings is 1. The van der Waals surface area contributed by atoms with Gasteiger partial charge in [0.2, 0.25) is 0 Å². The summed E-state index contributed by atoms with van der Waals surface area (Å²) in [5, 5.41) is 14.5. The Bertz CT molecular complexity index is 1890. The molecule has 0 atom stereocenters. The lowest BCUT2D eigenvalue weighted by atomic mass is 10.1. The number of rotatable bonds is 10. The lowest BCUT2D eigenvalue weighted by molar-refractivity contribution is 0.414. The van der Waals surface area contributed by atoms with Crippen LogP contribution in [0.5, 0.6) is 11.5 Å². The fourth-order valence-corrected chi connectivity index (χ4v) is 5.48. The van der Waals surface area contributed by atoms with E-state index >= 15 is 0 Å². The van der Waals surface area contributed by atoms with Gasteiger partial charge in [0.05, 0.1) is 32.3 Å². The number of aromatic nitrogens is 5. The molecule has 6 aromatic rings. The van der Waals surface area contributed by atoms with Gasteiger partial charge in [-0.3, -0.25) is 4.98 Å². The van der Waals surface area contributed by atoms with Crippen LogP contribution in [0.25, 0.3) is 16.9 Å². The van der Waals surface area contributed by atoms with E-state index in [1.807, 2.05) is 84.9 Å². The van der Waals surface area contributed by atoms with Crippen molar-refractivity contribution in [1.82, 2.24) is 24.6 Å². The van der Waals surface area contributed by atoms with Gasteiger partial charge in [-0.15, -0.1) is 5.10 Å². The maximum Gasteiger partial charge on any atom is 0.199 e. The van der Waals surface area contributed by atoms with Gasteiger partial charge in [-0.25, -0.2) is 14.5 Å². The number of benzene rings is 3. The molecule has 3 heterocycles. The maximum absolute atomic E-state index is 9.60. The molecule has 0 spiro atoms. The van der Waals surface area contributed by atoms with Crippen molar-refractivity contribution < 1.29 is 9.47 Å². The number of methoxy groups -OCH3 is 2. The summed E-state index contributed by atoms with van der Waals surface area (Å²) in [6.07, 6.45) is 2.23. The number of nitriles is 1. The molecule has 3 aromatic carbocycles. The van der Waals surface area contributed by atoms with Gasteiger partial charge in [-0.05, 0) is 75.6 Å². The van der Waals surface area contributed by atoms with E-state index in [1.165, 1.54) is 0 Å². The minimum Gasteiger partial charge on any atom is -0.497 e. The zero-order valence-electron chi connectivity index (χ0n) is 24.2. The van der Waals surface area contributed by atoms with Gasteiger partial charge in [0.15, 0.2) is 17.3 Å². The maximum atomic E-state index is 9.60. The van der Waals surface area contributed by atoms with Crippen LogP contribution in [0, 0.1) is 11.3 Å². The first kappa shape index (κ1) is 28.8. The van der Waals surface area contributed by atoms with Crippen molar-refractivity contribution in [3.63, 3.8) is 0 Å². The van der Waals surface area contributed by atoms with Crippen molar-refractivity contribution >= 4 is 27.4 Å². The van der Waals surface area contributed by atoms with Crippen molar-refractivity contribution in [2.45, 2.75) is 19.5 Å². The van der Waals surface area contributed by atoms with Gasteiger partial charge >= 0.3 is 0 Å². The van der Waals surface area contributed by atoms with Crippen molar-refractivity contribution in [3.8, 4) is 28.8 Å². The number of nitrogens with zero attached hydrogens (tertiary/aromatic N) is 7. The molecule has 0 aliphatic carbocycles. The van der Waals surface area contributed by atoms with Crippen LogP contribution >= 0.6 is 15.9 Å². The molecule has 0 N–H and O–H groups in total. The number of halogens is 1. The van der Waals surface area contributed by atoms with Crippen molar-refractivity contribution in [2.75, 3.05) is 19.1 Å². The predicted molar refractivity (Wildman–Crippen MR) is 172 cm³/mol. The average Bonchev–Trinajstić information content (AvgIpc) is 3.50. The van der Waals surface area contributed by atoms with E-state index in [4.69, 9.17) is 24.5 Å². The zero-order chi connectivity index (χ0) is 30.5. The Hall–Kier alpha value is -5.27. The summed E-state index contributed by atoms with van der Waals surface area (Å²) >= 11 is 3.77. The minimum absolute atomic E-state index is 0.463. The van der Waals surface area contributed by atoms with Gasteiger partial charge in [0, 0.05) is 30.5 Å². The number of hydrogen-bond donors (Lipinski definition) is 0. The third kappa shape index (κ3) is 6.23. The van der Waals surface area contributed by atoms with Crippen molar-refractivity contribution in [1.29, 1.82) is 5.26 Å². The van der Waals surface area contributed by atoms with E-state index in [9.17, 15) is 5.26 Å². The highest BCUT2D eigenvalue weighted by atomic mass is 79.9. The Morgan fingerprint density at radius 2 is 1.52 bits per heavy atom. The molecule has 9 nitrogen and oxygen atoms in total. The second-order valence-corrected chi connectivity index (χ2v) is 10.8. The number of anilines is 1. The predicted octanol–water partition coefficient (Wildman–Crippen LogP) is 6.64. The van der Waals surface area contributed by atoms with E-state index < -0.39 is 0 Å². The summed E-state index contributed by atoms with van der Waals surface area (Å²) in [5.74, 6) is 2.84. The Morgan fingerprint density at radius 1 is 0.841 bits per heavy atom. The first-order chi connectivity index (χ1) is 21.5. The Labute approximate surface area is 263 Å². The lowest BCUT2D eigenvalue weighted by Gasteiger charge is -2.25. The number of hydrogen-bond acceptors (Lipinski definition) is 8. The number of fused-ring (bicyclic) bond motifs is 1. The first-order valence-corrected chi connectivity index (χ1v) is 14.7. The molecule has 0 unspecified atom stereocenters. The molecule has 218 valence electrons. The molecule has 0 fully saturated rings. The molecule has 0 saturated heterocycles. The standard InChI is InChI=1S/C34H28BrN7O2/c1-43-28-13-9-23(10-14-28)21-41(22-24-11-15-29(44-2)16-12-24)33-34-38-30(19-27-8-3-4-17-37-27)40-42(34)32(35)31(39-33)26-7-5-6-25(18-26)20-36/h3-18H,19,21-22H2,1-2H3. The molecule has 0 bridgehead atoms. The molecular formula is C34H28BrN7O2. The third-order valence-electron chi connectivity index (χ3n) is 7.15. The van der Waals surface area contributed by atoms with Crippen LogP contribution in [0.2, 0.25) is 0 Å². The van der Waals surface area contributed by atoms with Gasteiger partial charge in [-0.2, -0.15) is 5.26 Å². The van der Waals surface area contributed by atoms with Crippen LogP contribution in [-0.4, -0.2) is 38.8 Å². The van der Waals surface area contributed by atoms with E-state index in [0.717, 1.165) is 33.9 Å². The summed E-state index contributed by atoms with van der Waals surface area (Å²) < 4.78 is 13.2. The van der Waals surface area contributed by atoms with Gasteiger partial charge in [-0.1, -0.05) is 42.5 Å². The van der Waals surface area contributed by atoms with Crippen LogP contribution in [0.15, 0.2) is 102 Å². The molecule has 44 heavy (non-hydrogen) atoms. The molecule has 0 aliphatic heterocycles. The molecule has 0 amide bonds. The largest absolute Gasteiger partial charge is 0.497 e. The van der Waals surface area contributed by atoms with E-state index in [-0.39, 0.29) is 0 Å². The number of ether oxygens (including phenoxy) is 2. The van der Waals surface area contributed by atoms with Crippen LogP contribution in [0.3, 0.4) is 0 Å². The molecule has 10 heteroatoms. The van der Waals surface area contributed by atoms with E-state index in [0.29, 0.717) is 52.7 Å². The van der Waals surface area contributed by atoms with E-state index in [1.54, 1.807) is 31.0 Å². The Kier molecular flexibility index (Phi) is 8.48. The average molecular weight is 647 g/mol. The smallest absolute Gasteiger partial charge is 0.199 e. The zero-order valence-corrected chi connectivity index (χ0v) is 25.8. The summed E-state index contributed by atoms with van der Waals surface area (Å²) in [4.78, 5) is 16.8. The first-order valence-electron chi connectivity index (χ1n) is 13.9. The molecule has 0 saturated carbocycles. The summed E-state index contributed by atoms with van der Waals surface area (Å²) in [6.45, 7) is 1.08. The minimum atomic E-state index is 0.463. The van der Waals surface area contributed by atoms with Crippen LogP contribution in [0.4, 0.5) is 5.82 Å². The van der Waals surface area contributed by atoms with Crippen molar-refractivity contribution in [3.05, 3.63) is 130 Å². The third-order valence-corrected chi connectivity index (χ3v) is 7.86. The lowest BCUT2D eigenvalue weighted by Crippen LogP contribution is -2.24. The molecule has 0 aliphatic rings. The second-order valence-electron chi connectivity index (χ2n) is 10.1. The molecule has 3 aromatic heterocycles. The molecule has 0 radical (unpaired) electrons. The quantitative estimate of drug-likeness (QED) is 0.163. The Balaban J connectivity index is 1.52. The highest BCUT2D eigenvalue weighted by molar-refractivity contribution is 9.10. The van der Waals surface area contributed by atoms with E-state index in [2.05, 4.69) is 31.9 Å². The van der Waals surface area contributed by atoms with Gasteiger partial charge < -0.3 is 14.4 Å². The topological polar surface area (TPSA) is 101 Å². The second kappa shape index (κ2) is 12.9. The Morgan fingerprint density at radius 3 is 2.11 bits per heavy atom.